The van der Waals surface area contributed by atoms with Crippen LogP contribution in [0.15, 0.2) is 5.16 Å². The molecule has 1 aromatic heterocycles. The second kappa shape index (κ2) is 7.20. The number of rotatable bonds is 8. The molecule has 0 radical (unpaired) electrons. The quantitative estimate of drug-likeness (QED) is 0.485. The molecule has 0 aliphatic rings. The van der Waals surface area contributed by atoms with Crippen molar-refractivity contribution < 1.29 is 14.3 Å². The molecule has 1 rings (SSSR count). The first-order chi connectivity index (χ1) is 8.17. The standard InChI is InChI=1S/C8H15N5O3S/c1-15-7(16-2)5-13-8(10-11-12-13)17-4-3-6(9)14/h7H,3-5H2,1-2H3,(H2,9,14). The van der Waals surface area contributed by atoms with Crippen LogP contribution < -0.4 is 5.73 Å². The van der Waals surface area contributed by atoms with Crippen LogP contribution in [0.2, 0.25) is 0 Å². The summed E-state index contributed by atoms with van der Waals surface area (Å²) in [6, 6.07) is 0. The molecule has 0 atom stereocenters. The number of aromatic nitrogens is 4. The molecule has 1 heterocycles. The lowest BCUT2D eigenvalue weighted by Crippen LogP contribution is -2.22. The smallest absolute Gasteiger partial charge is 0.218 e. The van der Waals surface area contributed by atoms with Gasteiger partial charge in [0.05, 0.1) is 6.54 Å². The largest absolute Gasteiger partial charge is 0.370 e. The van der Waals surface area contributed by atoms with Crippen molar-refractivity contribution in [1.29, 1.82) is 0 Å². The molecule has 0 spiro atoms. The summed E-state index contributed by atoms with van der Waals surface area (Å²) in [7, 11) is 3.08. The van der Waals surface area contributed by atoms with Crippen LogP contribution in [0.25, 0.3) is 0 Å². The first-order valence-electron chi connectivity index (χ1n) is 4.90. The van der Waals surface area contributed by atoms with Gasteiger partial charge in [-0.2, -0.15) is 0 Å². The number of amides is 1. The van der Waals surface area contributed by atoms with E-state index in [4.69, 9.17) is 15.2 Å². The van der Waals surface area contributed by atoms with Gasteiger partial charge in [0.2, 0.25) is 11.1 Å². The Morgan fingerprint density at radius 1 is 1.53 bits per heavy atom. The lowest BCUT2D eigenvalue weighted by Gasteiger charge is -2.13. The third-order valence-electron chi connectivity index (χ3n) is 1.93. The molecule has 17 heavy (non-hydrogen) atoms. The molecule has 0 unspecified atom stereocenters. The maximum atomic E-state index is 10.6. The summed E-state index contributed by atoms with van der Waals surface area (Å²) >= 11 is 1.36. The Morgan fingerprint density at radius 3 is 2.82 bits per heavy atom. The van der Waals surface area contributed by atoms with Gasteiger partial charge in [0.15, 0.2) is 6.29 Å². The normalized spacial score (nSPS) is 11.0. The van der Waals surface area contributed by atoms with Gasteiger partial charge in [-0.25, -0.2) is 4.68 Å². The number of methoxy groups -OCH3 is 2. The van der Waals surface area contributed by atoms with Crippen molar-refractivity contribution >= 4 is 17.7 Å². The summed E-state index contributed by atoms with van der Waals surface area (Å²) in [4.78, 5) is 10.6. The molecule has 9 heteroatoms. The molecular weight excluding hydrogens is 246 g/mol. The maximum absolute atomic E-state index is 10.6. The van der Waals surface area contributed by atoms with Crippen molar-refractivity contribution in [2.24, 2.45) is 5.73 Å². The molecule has 0 aromatic carbocycles. The van der Waals surface area contributed by atoms with Gasteiger partial charge in [-0.3, -0.25) is 4.79 Å². The van der Waals surface area contributed by atoms with Crippen molar-refractivity contribution in [1.82, 2.24) is 20.2 Å². The predicted molar refractivity (Wildman–Crippen MR) is 60.2 cm³/mol. The van der Waals surface area contributed by atoms with Crippen LogP contribution in [0.1, 0.15) is 6.42 Å². The fourth-order valence-corrected chi connectivity index (χ4v) is 1.88. The zero-order valence-electron chi connectivity index (χ0n) is 9.70. The van der Waals surface area contributed by atoms with E-state index in [1.807, 2.05) is 0 Å². The fraction of sp³-hybridized carbons (Fsp3) is 0.750. The van der Waals surface area contributed by atoms with Gasteiger partial charge >= 0.3 is 0 Å². The van der Waals surface area contributed by atoms with Gasteiger partial charge in [-0.15, -0.1) is 5.10 Å². The predicted octanol–water partition coefficient (Wildman–Crippen LogP) is -0.740. The van der Waals surface area contributed by atoms with Crippen molar-refractivity contribution in [3.63, 3.8) is 0 Å². The summed E-state index contributed by atoms with van der Waals surface area (Å²) in [6.45, 7) is 0.388. The Labute approximate surface area is 103 Å². The maximum Gasteiger partial charge on any atom is 0.218 e. The van der Waals surface area contributed by atoms with Gasteiger partial charge in [0.1, 0.15) is 0 Å². The third kappa shape index (κ3) is 4.67. The number of primary amides is 1. The molecule has 0 saturated carbocycles. The highest BCUT2D eigenvalue weighted by Crippen LogP contribution is 2.15. The van der Waals surface area contributed by atoms with Crippen molar-refractivity contribution in [2.45, 2.75) is 24.4 Å². The van der Waals surface area contributed by atoms with E-state index >= 15 is 0 Å². The number of carbonyl (C=O) groups is 1. The molecule has 8 nitrogen and oxygen atoms in total. The van der Waals surface area contributed by atoms with Crippen LogP contribution in [-0.4, -0.2) is 52.4 Å². The van der Waals surface area contributed by atoms with Crippen molar-refractivity contribution in [2.75, 3.05) is 20.0 Å². The number of nitrogens with two attached hydrogens (primary N) is 1. The van der Waals surface area contributed by atoms with Crippen LogP contribution in [-0.2, 0) is 20.8 Å². The number of carbonyl (C=O) groups excluding carboxylic acids is 1. The SMILES string of the molecule is COC(Cn1nnnc1SCCC(N)=O)OC. The molecule has 96 valence electrons. The first kappa shape index (κ1) is 13.9. The molecule has 0 bridgehead atoms. The summed E-state index contributed by atoms with van der Waals surface area (Å²) in [5, 5.41) is 11.8. The van der Waals surface area contributed by atoms with E-state index in [9.17, 15) is 4.79 Å². The van der Waals surface area contributed by atoms with Crippen LogP contribution in [0.4, 0.5) is 0 Å². The average Bonchev–Trinajstić information content (AvgIpc) is 2.73. The zero-order chi connectivity index (χ0) is 12.7. The van der Waals surface area contributed by atoms with Crippen LogP contribution >= 0.6 is 11.8 Å². The summed E-state index contributed by atoms with van der Waals surface area (Å²) in [6.07, 6.45) is -0.121. The molecule has 0 fully saturated rings. The number of hydrogen-bond acceptors (Lipinski definition) is 7. The molecule has 1 aromatic rings. The highest BCUT2D eigenvalue weighted by molar-refractivity contribution is 7.99. The Kier molecular flexibility index (Phi) is 5.87. The summed E-state index contributed by atoms with van der Waals surface area (Å²) in [5.74, 6) is 0.198. The number of nitrogens with zero attached hydrogens (tertiary/aromatic N) is 4. The van der Waals surface area contributed by atoms with Crippen LogP contribution in [0, 0.1) is 0 Å². The van der Waals surface area contributed by atoms with E-state index in [0.717, 1.165) is 0 Å². The van der Waals surface area contributed by atoms with Gasteiger partial charge in [0.25, 0.3) is 0 Å². The molecular formula is C8H15N5O3S. The third-order valence-corrected chi connectivity index (χ3v) is 2.89. The first-order valence-corrected chi connectivity index (χ1v) is 5.88. The minimum atomic E-state index is -0.408. The topological polar surface area (TPSA) is 105 Å². The molecule has 2 N–H and O–H groups in total. The van der Waals surface area contributed by atoms with Gasteiger partial charge in [-0.05, 0) is 10.4 Å². The molecule has 0 saturated heterocycles. The van der Waals surface area contributed by atoms with Gasteiger partial charge in [-0.1, -0.05) is 11.8 Å². The minimum Gasteiger partial charge on any atom is -0.370 e. The zero-order valence-corrected chi connectivity index (χ0v) is 10.5. The van der Waals surface area contributed by atoms with Crippen LogP contribution in [0.5, 0.6) is 0 Å². The summed E-state index contributed by atoms with van der Waals surface area (Å²) in [5.41, 5.74) is 5.04. The van der Waals surface area contributed by atoms with Gasteiger partial charge < -0.3 is 15.2 Å². The summed E-state index contributed by atoms with van der Waals surface area (Å²) < 4.78 is 11.7. The highest BCUT2D eigenvalue weighted by atomic mass is 32.2. The van der Waals surface area contributed by atoms with Gasteiger partial charge in [0, 0.05) is 26.4 Å². The van der Waals surface area contributed by atoms with E-state index in [0.29, 0.717) is 17.5 Å². The number of tetrazole rings is 1. The monoisotopic (exact) mass is 261 g/mol. The second-order valence-electron chi connectivity index (χ2n) is 3.11. The van der Waals surface area contributed by atoms with E-state index in [2.05, 4.69) is 15.5 Å². The Hall–Kier alpha value is -1.19. The van der Waals surface area contributed by atoms with E-state index < -0.39 is 6.29 Å². The highest BCUT2D eigenvalue weighted by Gasteiger charge is 2.12. The minimum absolute atomic E-state index is 0.287. The van der Waals surface area contributed by atoms with E-state index in [-0.39, 0.29) is 12.3 Å². The van der Waals surface area contributed by atoms with E-state index in [1.54, 1.807) is 18.9 Å². The Balaban J connectivity index is 2.50. The van der Waals surface area contributed by atoms with E-state index in [1.165, 1.54) is 11.8 Å². The lowest BCUT2D eigenvalue weighted by atomic mass is 10.5. The molecule has 0 aliphatic heterocycles. The molecule has 1 amide bonds. The number of hydrogen-bond donors (Lipinski definition) is 1. The number of ether oxygens (including phenoxy) is 2. The Bertz CT molecular complexity index is 355. The lowest BCUT2D eigenvalue weighted by molar-refractivity contribution is -0.117. The van der Waals surface area contributed by atoms with Crippen molar-refractivity contribution in [3.05, 3.63) is 0 Å². The average molecular weight is 261 g/mol. The second-order valence-corrected chi connectivity index (χ2v) is 4.17. The fourth-order valence-electron chi connectivity index (χ4n) is 1.04. The Morgan fingerprint density at radius 2 is 2.24 bits per heavy atom. The van der Waals surface area contributed by atoms with Crippen LogP contribution in [0.3, 0.4) is 0 Å². The number of thioether (sulfide) groups is 1. The van der Waals surface area contributed by atoms with Crippen molar-refractivity contribution in [3.8, 4) is 0 Å². The molecule has 0 aliphatic carbocycles.